The maximum Gasteiger partial charge on any atom is 0.338 e. The molecule has 1 aliphatic heterocycles. The van der Waals surface area contributed by atoms with Crippen LogP contribution in [0.3, 0.4) is 0 Å². The van der Waals surface area contributed by atoms with Crippen molar-refractivity contribution in [2.75, 3.05) is 11.5 Å². The zero-order valence-electron chi connectivity index (χ0n) is 18.2. The molecule has 2 bridgehead atoms. The fraction of sp³-hybridized carbons (Fsp3) is 0.280. The summed E-state index contributed by atoms with van der Waals surface area (Å²) in [5, 5.41) is 11.1. The second-order valence-corrected chi connectivity index (χ2v) is 8.82. The monoisotopic (exact) mass is 460 g/mol. The molecule has 1 saturated heterocycles. The van der Waals surface area contributed by atoms with Gasteiger partial charge in [-0.1, -0.05) is 30.4 Å². The second kappa shape index (κ2) is 8.02. The minimum Gasteiger partial charge on any atom is -0.454 e. The van der Waals surface area contributed by atoms with Gasteiger partial charge in [0.05, 0.1) is 28.0 Å². The zero-order valence-corrected chi connectivity index (χ0v) is 18.2. The molecule has 2 fully saturated rings. The fourth-order valence-corrected chi connectivity index (χ4v) is 5.21. The van der Waals surface area contributed by atoms with E-state index in [1.807, 2.05) is 12.2 Å². The Bertz CT molecular complexity index is 1270. The molecule has 1 saturated carbocycles. The number of aryl methyl sites for hydroxylation is 1. The normalized spacial score (nSPS) is 24.4. The highest BCUT2D eigenvalue weighted by atomic mass is 16.6. The van der Waals surface area contributed by atoms with Crippen molar-refractivity contribution in [3.05, 3.63) is 81.4 Å². The average Bonchev–Trinajstić information content (AvgIpc) is 3.51. The first kappa shape index (κ1) is 21.7. The Balaban J connectivity index is 1.29. The maximum absolute atomic E-state index is 13.0. The number of ketones is 1. The number of nitrogens with zero attached hydrogens (tertiary/aromatic N) is 2. The molecule has 34 heavy (non-hydrogen) atoms. The summed E-state index contributed by atoms with van der Waals surface area (Å²) in [5.74, 6) is -2.46. The molecule has 2 amide bonds. The number of allylic oxidation sites excluding steroid dienone is 2. The minimum atomic E-state index is -0.808. The highest BCUT2D eigenvalue weighted by Gasteiger charge is 2.59. The first-order valence-electron chi connectivity index (χ1n) is 10.9. The van der Waals surface area contributed by atoms with Crippen LogP contribution in [0.4, 0.5) is 11.4 Å². The van der Waals surface area contributed by atoms with Gasteiger partial charge in [0.25, 0.3) is 5.69 Å². The highest BCUT2D eigenvalue weighted by Crippen LogP contribution is 2.53. The number of hydrogen-bond acceptors (Lipinski definition) is 7. The number of amides is 2. The molecule has 9 heteroatoms. The summed E-state index contributed by atoms with van der Waals surface area (Å²) in [6.45, 7) is 0.952. The Hall–Kier alpha value is -4.14. The van der Waals surface area contributed by atoms with E-state index < -0.39 is 23.3 Å². The van der Waals surface area contributed by atoms with Crippen LogP contribution in [0.25, 0.3) is 0 Å². The number of nitro groups is 1. The number of rotatable bonds is 6. The van der Waals surface area contributed by atoms with Crippen LogP contribution in [0.5, 0.6) is 0 Å². The molecule has 1 heterocycles. The molecule has 5 rings (SSSR count). The quantitative estimate of drug-likeness (QED) is 0.162. The van der Waals surface area contributed by atoms with Crippen molar-refractivity contribution in [3.8, 4) is 0 Å². The van der Waals surface area contributed by atoms with E-state index in [2.05, 4.69) is 0 Å². The van der Waals surface area contributed by atoms with Gasteiger partial charge < -0.3 is 4.74 Å². The lowest BCUT2D eigenvalue weighted by molar-refractivity contribution is -0.385. The van der Waals surface area contributed by atoms with Crippen LogP contribution in [-0.2, 0) is 14.3 Å². The van der Waals surface area contributed by atoms with Crippen LogP contribution >= 0.6 is 0 Å². The van der Waals surface area contributed by atoms with Crippen molar-refractivity contribution >= 4 is 34.9 Å². The lowest BCUT2D eigenvalue weighted by atomic mass is 9.85. The third-order valence-corrected chi connectivity index (χ3v) is 6.87. The first-order chi connectivity index (χ1) is 16.3. The number of Topliss-reactive ketones (excluding diaryl/α,β-unsaturated/α-hetero) is 1. The van der Waals surface area contributed by atoms with E-state index in [9.17, 15) is 29.3 Å². The van der Waals surface area contributed by atoms with Crippen LogP contribution in [0.1, 0.15) is 32.7 Å². The average molecular weight is 460 g/mol. The van der Waals surface area contributed by atoms with Crippen molar-refractivity contribution in [2.45, 2.75) is 13.3 Å². The van der Waals surface area contributed by atoms with Gasteiger partial charge in [-0.15, -0.1) is 0 Å². The van der Waals surface area contributed by atoms with E-state index in [4.69, 9.17) is 4.74 Å². The molecule has 4 atom stereocenters. The largest absolute Gasteiger partial charge is 0.454 e. The number of carbonyl (C=O) groups excluding carboxylic acids is 4. The summed E-state index contributed by atoms with van der Waals surface area (Å²) in [5.41, 5.74) is 0.645. The van der Waals surface area contributed by atoms with Gasteiger partial charge in [-0.05, 0) is 43.4 Å². The Labute approximate surface area is 194 Å². The van der Waals surface area contributed by atoms with Crippen molar-refractivity contribution in [3.63, 3.8) is 0 Å². The number of carbonyl (C=O) groups is 4. The maximum atomic E-state index is 13.0. The van der Waals surface area contributed by atoms with Crippen molar-refractivity contribution < 1.29 is 28.8 Å². The highest BCUT2D eigenvalue weighted by molar-refractivity contribution is 6.23. The lowest BCUT2D eigenvalue weighted by Crippen LogP contribution is -2.33. The molecule has 0 aromatic heterocycles. The van der Waals surface area contributed by atoms with E-state index in [0.717, 1.165) is 17.4 Å². The van der Waals surface area contributed by atoms with Crippen LogP contribution in [0.15, 0.2) is 54.6 Å². The fourth-order valence-electron chi connectivity index (χ4n) is 5.21. The number of anilines is 1. The van der Waals surface area contributed by atoms with E-state index in [0.29, 0.717) is 11.3 Å². The Morgan fingerprint density at radius 3 is 2.35 bits per heavy atom. The van der Waals surface area contributed by atoms with Crippen LogP contribution < -0.4 is 4.90 Å². The lowest BCUT2D eigenvalue weighted by Gasteiger charge is -2.18. The Morgan fingerprint density at radius 2 is 1.71 bits per heavy atom. The number of esters is 1. The standard InChI is InChI=1S/C25H20N2O7/c1-13-5-6-14(11-19(13)27(32)33)20(28)12-34-25(31)17-3-2-4-18(10-17)26-23(29)21-15-7-8-16(9-15)22(21)24(26)30/h2-8,10-11,15-16,21-22H,9,12H2,1H3/t15-,16-,21-,22-/m0/s1. The summed E-state index contributed by atoms with van der Waals surface area (Å²) >= 11 is 0. The molecule has 2 aliphatic carbocycles. The first-order valence-corrected chi connectivity index (χ1v) is 10.9. The van der Waals surface area contributed by atoms with Crippen LogP contribution in [-0.4, -0.2) is 35.1 Å². The summed E-state index contributed by atoms with van der Waals surface area (Å²) in [7, 11) is 0. The van der Waals surface area contributed by atoms with Crippen molar-refractivity contribution in [1.82, 2.24) is 0 Å². The smallest absolute Gasteiger partial charge is 0.338 e. The Morgan fingerprint density at radius 1 is 1.03 bits per heavy atom. The third-order valence-electron chi connectivity index (χ3n) is 6.87. The molecule has 0 N–H and O–H groups in total. The third kappa shape index (κ3) is 3.40. The molecule has 9 nitrogen and oxygen atoms in total. The number of benzene rings is 2. The number of fused-ring (bicyclic) bond motifs is 5. The summed E-state index contributed by atoms with van der Waals surface area (Å²) in [4.78, 5) is 62.6. The van der Waals surface area contributed by atoms with E-state index in [1.165, 1.54) is 24.3 Å². The molecule has 3 aliphatic rings. The molecule has 0 unspecified atom stereocenters. The predicted molar refractivity (Wildman–Crippen MR) is 119 cm³/mol. The molecule has 2 aromatic rings. The summed E-state index contributed by atoms with van der Waals surface area (Å²) in [6, 6.07) is 10.0. The van der Waals surface area contributed by atoms with Gasteiger partial charge in [0.15, 0.2) is 6.61 Å². The van der Waals surface area contributed by atoms with Gasteiger partial charge in [0.2, 0.25) is 17.6 Å². The van der Waals surface area contributed by atoms with Gasteiger partial charge in [0.1, 0.15) is 0 Å². The predicted octanol–water partition coefficient (Wildman–Crippen LogP) is 3.25. The van der Waals surface area contributed by atoms with E-state index in [1.54, 1.807) is 19.1 Å². The topological polar surface area (TPSA) is 124 Å². The van der Waals surface area contributed by atoms with Crippen molar-refractivity contribution in [2.24, 2.45) is 23.7 Å². The molecule has 0 spiro atoms. The summed E-state index contributed by atoms with van der Waals surface area (Å²) in [6.07, 6.45) is 4.84. The van der Waals surface area contributed by atoms with Crippen LogP contribution in [0.2, 0.25) is 0 Å². The van der Waals surface area contributed by atoms with Crippen LogP contribution in [0, 0.1) is 40.7 Å². The molecular formula is C25H20N2O7. The second-order valence-electron chi connectivity index (χ2n) is 8.82. The van der Waals surface area contributed by atoms with Gasteiger partial charge >= 0.3 is 5.97 Å². The zero-order chi connectivity index (χ0) is 24.1. The number of ether oxygens (including phenoxy) is 1. The minimum absolute atomic E-state index is 0.0573. The SMILES string of the molecule is Cc1ccc(C(=O)COC(=O)c2cccc(N3C(=O)[C@@H]4[C@@H](C3=O)[C@H]3C=C[C@H]4C3)c2)cc1[N+](=O)[O-]. The van der Waals surface area contributed by atoms with Gasteiger partial charge in [0, 0.05) is 17.2 Å². The number of nitro benzene ring substituents is 1. The Kier molecular flexibility index (Phi) is 5.11. The van der Waals surface area contributed by atoms with Gasteiger partial charge in [-0.3, -0.25) is 24.5 Å². The molecular weight excluding hydrogens is 440 g/mol. The van der Waals surface area contributed by atoms with Gasteiger partial charge in [-0.25, -0.2) is 9.69 Å². The molecule has 172 valence electrons. The van der Waals surface area contributed by atoms with E-state index in [-0.39, 0.29) is 52.3 Å². The van der Waals surface area contributed by atoms with E-state index >= 15 is 0 Å². The number of hydrogen-bond donors (Lipinski definition) is 0. The molecule has 2 aromatic carbocycles. The number of imide groups is 1. The summed E-state index contributed by atoms with van der Waals surface area (Å²) < 4.78 is 5.11. The molecule has 0 radical (unpaired) electrons. The van der Waals surface area contributed by atoms with Crippen molar-refractivity contribution in [1.29, 1.82) is 0 Å². The van der Waals surface area contributed by atoms with Gasteiger partial charge in [-0.2, -0.15) is 0 Å².